The molecule has 0 atom stereocenters. The Morgan fingerprint density at radius 2 is 1.42 bits per heavy atom. The molecule has 0 aliphatic heterocycles. The molecule has 0 bridgehead atoms. The van der Waals surface area contributed by atoms with E-state index in [0.29, 0.717) is 11.3 Å². The minimum atomic E-state index is -3.86. The van der Waals surface area contributed by atoms with Crippen LogP contribution in [-0.2, 0) is 10.0 Å². The third kappa shape index (κ3) is 4.80. The fourth-order valence-corrected chi connectivity index (χ4v) is 5.05. The molecule has 0 saturated carbocycles. The van der Waals surface area contributed by atoms with E-state index in [1.807, 2.05) is 58.9 Å². The minimum Gasteiger partial charge on any atom is -0.322 e. The van der Waals surface area contributed by atoms with Crippen molar-refractivity contribution in [2.75, 3.05) is 10.0 Å². The van der Waals surface area contributed by atoms with Gasteiger partial charge in [0.2, 0.25) is 0 Å². The second-order valence-corrected chi connectivity index (χ2v) is 9.71. The Morgan fingerprint density at radius 1 is 0.774 bits per heavy atom. The van der Waals surface area contributed by atoms with E-state index in [-0.39, 0.29) is 16.4 Å². The van der Waals surface area contributed by atoms with Gasteiger partial charge in [0.1, 0.15) is 0 Å². The van der Waals surface area contributed by atoms with Crippen LogP contribution in [0.3, 0.4) is 0 Å². The van der Waals surface area contributed by atoms with Crippen LogP contribution in [0.2, 0.25) is 0 Å². The normalized spacial score (nSPS) is 11.3. The highest BCUT2D eigenvalue weighted by Crippen LogP contribution is 2.26. The van der Waals surface area contributed by atoms with E-state index in [0.717, 1.165) is 33.5 Å². The average Bonchev–Trinajstić information content (AvgIpc) is 2.68. The average molecular weight is 437 g/mol. The van der Waals surface area contributed by atoms with E-state index in [9.17, 15) is 13.2 Å². The van der Waals surface area contributed by atoms with Gasteiger partial charge >= 0.3 is 0 Å². The summed E-state index contributed by atoms with van der Waals surface area (Å²) in [4.78, 5) is 13.0. The minimum absolute atomic E-state index is 0.0819. The Kier molecular flexibility index (Phi) is 6.23. The van der Waals surface area contributed by atoms with E-state index in [1.54, 1.807) is 25.1 Å². The van der Waals surface area contributed by atoms with Gasteiger partial charge in [-0.25, -0.2) is 8.42 Å². The molecule has 6 heteroatoms. The van der Waals surface area contributed by atoms with E-state index in [4.69, 9.17) is 0 Å². The van der Waals surface area contributed by atoms with Crippen molar-refractivity contribution in [1.82, 2.24) is 0 Å². The van der Waals surface area contributed by atoms with Gasteiger partial charge in [0.25, 0.3) is 15.9 Å². The molecule has 5 nitrogen and oxygen atoms in total. The van der Waals surface area contributed by atoms with Crippen molar-refractivity contribution in [3.63, 3.8) is 0 Å². The first-order valence-corrected chi connectivity index (χ1v) is 11.6. The number of sulfonamides is 1. The maximum absolute atomic E-state index is 13.1. The standard InChI is InChI=1S/C25H28N2O3S/c1-15-12-18(4)24(19(5)13-15)26-25(28)21-11-10-17(3)23(14-21)31(29,30)27-22-9-7-8-16(2)20(22)6/h7-14,27H,1-6H3,(H,26,28). The molecule has 1 amide bonds. The summed E-state index contributed by atoms with van der Waals surface area (Å²) in [6.45, 7) is 11.4. The maximum atomic E-state index is 13.1. The van der Waals surface area contributed by atoms with Crippen molar-refractivity contribution >= 4 is 27.3 Å². The topological polar surface area (TPSA) is 75.3 Å². The number of rotatable bonds is 5. The van der Waals surface area contributed by atoms with Gasteiger partial charge in [0.05, 0.1) is 10.6 Å². The van der Waals surface area contributed by atoms with Crippen LogP contribution >= 0.6 is 0 Å². The number of amides is 1. The number of carbonyl (C=O) groups excluding carboxylic acids is 1. The van der Waals surface area contributed by atoms with Crippen molar-refractivity contribution in [3.8, 4) is 0 Å². The zero-order valence-corrected chi connectivity index (χ0v) is 19.6. The Morgan fingerprint density at radius 3 is 2.06 bits per heavy atom. The van der Waals surface area contributed by atoms with Crippen LogP contribution in [0.25, 0.3) is 0 Å². The van der Waals surface area contributed by atoms with Crippen LogP contribution in [0.4, 0.5) is 11.4 Å². The monoisotopic (exact) mass is 436 g/mol. The van der Waals surface area contributed by atoms with Gasteiger partial charge in [0, 0.05) is 11.3 Å². The number of nitrogens with one attached hydrogen (secondary N) is 2. The molecule has 0 heterocycles. The molecule has 31 heavy (non-hydrogen) atoms. The SMILES string of the molecule is Cc1cc(C)c(NC(=O)c2ccc(C)c(S(=O)(=O)Nc3cccc(C)c3C)c2)c(C)c1. The van der Waals surface area contributed by atoms with Crippen LogP contribution in [0.1, 0.15) is 43.7 Å². The van der Waals surface area contributed by atoms with Gasteiger partial charge in [-0.2, -0.15) is 0 Å². The molecule has 0 saturated heterocycles. The number of benzene rings is 3. The Hall–Kier alpha value is -3.12. The quantitative estimate of drug-likeness (QED) is 0.547. The van der Waals surface area contributed by atoms with E-state index >= 15 is 0 Å². The fourth-order valence-electron chi connectivity index (χ4n) is 3.66. The summed E-state index contributed by atoms with van der Waals surface area (Å²) < 4.78 is 28.9. The van der Waals surface area contributed by atoms with Crippen LogP contribution in [0.5, 0.6) is 0 Å². The highest BCUT2D eigenvalue weighted by Gasteiger charge is 2.21. The summed E-state index contributed by atoms with van der Waals surface area (Å²) in [6.07, 6.45) is 0. The zero-order valence-electron chi connectivity index (χ0n) is 18.8. The van der Waals surface area contributed by atoms with Crippen molar-refractivity contribution in [2.24, 2.45) is 0 Å². The van der Waals surface area contributed by atoms with E-state index in [2.05, 4.69) is 10.0 Å². The molecule has 3 aromatic rings. The molecular formula is C25H28N2O3S. The van der Waals surface area contributed by atoms with Crippen LogP contribution in [0.15, 0.2) is 53.4 Å². The number of carbonyl (C=O) groups is 1. The lowest BCUT2D eigenvalue weighted by atomic mass is 10.0. The van der Waals surface area contributed by atoms with Gasteiger partial charge in [-0.1, -0.05) is 35.9 Å². The number of hydrogen-bond acceptors (Lipinski definition) is 3. The van der Waals surface area contributed by atoms with Crippen LogP contribution < -0.4 is 10.0 Å². The molecule has 2 N–H and O–H groups in total. The third-order valence-corrected chi connectivity index (χ3v) is 7.01. The fraction of sp³-hybridized carbons (Fsp3) is 0.240. The van der Waals surface area contributed by atoms with Crippen LogP contribution in [0, 0.1) is 41.5 Å². The van der Waals surface area contributed by atoms with Crippen LogP contribution in [-0.4, -0.2) is 14.3 Å². The first-order valence-electron chi connectivity index (χ1n) is 10.1. The number of hydrogen-bond donors (Lipinski definition) is 2. The van der Waals surface area contributed by atoms with Gasteiger partial charge in [-0.15, -0.1) is 0 Å². The second kappa shape index (κ2) is 8.55. The van der Waals surface area contributed by atoms with E-state index in [1.165, 1.54) is 6.07 Å². The summed E-state index contributed by atoms with van der Waals surface area (Å²) in [7, 11) is -3.86. The van der Waals surface area contributed by atoms with Crippen molar-refractivity contribution in [2.45, 2.75) is 46.4 Å². The lowest BCUT2D eigenvalue weighted by Crippen LogP contribution is -2.18. The molecule has 0 aromatic heterocycles. The predicted octanol–water partition coefficient (Wildman–Crippen LogP) is 5.59. The molecule has 0 aliphatic carbocycles. The molecule has 0 fully saturated rings. The lowest BCUT2D eigenvalue weighted by Gasteiger charge is -2.16. The molecule has 0 unspecified atom stereocenters. The lowest BCUT2D eigenvalue weighted by molar-refractivity contribution is 0.102. The number of anilines is 2. The van der Waals surface area contributed by atoms with Gasteiger partial charge < -0.3 is 5.32 Å². The zero-order chi connectivity index (χ0) is 22.9. The molecule has 3 rings (SSSR count). The van der Waals surface area contributed by atoms with E-state index < -0.39 is 10.0 Å². The molecular weight excluding hydrogens is 408 g/mol. The van der Waals surface area contributed by atoms with Gasteiger partial charge in [-0.05, 0) is 87.6 Å². The Balaban J connectivity index is 1.94. The first kappa shape index (κ1) is 22.6. The maximum Gasteiger partial charge on any atom is 0.262 e. The summed E-state index contributed by atoms with van der Waals surface area (Å²) in [5.41, 5.74) is 7.02. The molecule has 3 aromatic carbocycles. The Bertz CT molecular complexity index is 1250. The van der Waals surface area contributed by atoms with Gasteiger partial charge in [-0.3, -0.25) is 9.52 Å². The predicted molar refractivity (Wildman–Crippen MR) is 127 cm³/mol. The van der Waals surface area contributed by atoms with Gasteiger partial charge in [0.15, 0.2) is 0 Å². The smallest absolute Gasteiger partial charge is 0.262 e. The van der Waals surface area contributed by atoms with Crippen molar-refractivity contribution in [3.05, 3.63) is 87.5 Å². The molecule has 0 spiro atoms. The first-order chi connectivity index (χ1) is 14.5. The molecule has 0 radical (unpaired) electrons. The summed E-state index contributed by atoms with van der Waals surface area (Å²) >= 11 is 0. The largest absolute Gasteiger partial charge is 0.322 e. The molecule has 162 valence electrons. The highest BCUT2D eigenvalue weighted by atomic mass is 32.2. The summed E-state index contributed by atoms with van der Waals surface area (Å²) in [5, 5.41) is 2.93. The molecule has 0 aliphatic rings. The summed E-state index contributed by atoms with van der Waals surface area (Å²) in [5.74, 6) is -0.349. The van der Waals surface area contributed by atoms with Crippen molar-refractivity contribution < 1.29 is 13.2 Å². The second-order valence-electron chi connectivity index (χ2n) is 8.06. The Labute approximate surface area is 184 Å². The van der Waals surface area contributed by atoms with Crippen molar-refractivity contribution in [1.29, 1.82) is 0 Å². The third-order valence-electron chi connectivity index (χ3n) is 5.50. The number of aryl methyl sites for hydroxylation is 5. The summed E-state index contributed by atoms with van der Waals surface area (Å²) in [6, 6.07) is 14.2. The highest BCUT2D eigenvalue weighted by molar-refractivity contribution is 7.92.